The summed E-state index contributed by atoms with van der Waals surface area (Å²) in [5.74, 6) is 1.34. The van der Waals surface area contributed by atoms with E-state index in [1.165, 1.54) is 11.3 Å². The van der Waals surface area contributed by atoms with Gasteiger partial charge in [-0.15, -0.1) is 11.3 Å². The molecule has 0 fully saturated rings. The summed E-state index contributed by atoms with van der Waals surface area (Å²) in [4.78, 5) is 4.24. The molecule has 0 unspecified atom stereocenters. The molecule has 6 heteroatoms. The summed E-state index contributed by atoms with van der Waals surface area (Å²) < 4.78 is 5.72. The van der Waals surface area contributed by atoms with Crippen LogP contribution < -0.4 is 10.5 Å². The first kappa shape index (κ1) is 14.2. The fourth-order valence-electron chi connectivity index (χ4n) is 1.79. The number of aromatic nitrogens is 1. The van der Waals surface area contributed by atoms with Crippen molar-refractivity contribution in [3.8, 4) is 22.8 Å². The number of anilines is 1. The highest BCUT2D eigenvalue weighted by atomic mass is 35.5. The summed E-state index contributed by atoms with van der Waals surface area (Å²) >= 11 is 13.2. The van der Waals surface area contributed by atoms with E-state index in [0.717, 1.165) is 11.3 Å². The van der Waals surface area contributed by atoms with Crippen LogP contribution >= 0.6 is 34.5 Å². The van der Waals surface area contributed by atoms with E-state index >= 15 is 0 Å². The maximum Gasteiger partial charge on any atom is 0.180 e. The summed E-state index contributed by atoms with van der Waals surface area (Å²) in [6, 6.07) is 12.7. The number of hydrogen-bond acceptors (Lipinski definition) is 4. The largest absolute Gasteiger partial charge is 0.457 e. The molecule has 0 amide bonds. The highest BCUT2D eigenvalue weighted by Gasteiger charge is 2.05. The van der Waals surface area contributed by atoms with Gasteiger partial charge in [0.2, 0.25) is 0 Å². The highest BCUT2D eigenvalue weighted by molar-refractivity contribution is 7.13. The van der Waals surface area contributed by atoms with Crippen LogP contribution in [-0.2, 0) is 0 Å². The van der Waals surface area contributed by atoms with E-state index in [2.05, 4.69) is 4.98 Å². The number of benzene rings is 2. The molecule has 2 aromatic carbocycles. The Bertz CT molecular complexity index is 772. The van der Waals surface area contributed by atoms with Crippen molar-refractivity contribution in [2.24, 2.45) is 0 Å². The molecule has 0 bridgehead atoms. The molecule has 3 aromatic rings. The van der Waals surface area contributed by atoms with Gasteiger partial charge >= 0.3 is 0 Å². The van der Waals surface area contributed by atoms with Gasteiger partial charge in [0.05, 0.1) is 15.7 Å². The molecule has 0 saturated carbocycles. The van der Waals surface area contributed by atoms with Crippen molar-refractivity contribution >= 4 is 39.7 Å². The topological polar surface area (TPSA) is 48.1 Å². The van der Waals surface area contributed by atoms with Gasteiger partial charge in [-0.3, -0.25) is 0 Å². The molecule has 0 atom stereocenters. The minimum absolute atomic E-state index is 0.462. The van der Waals surface area contributed by atoms with E-state index < -0.39 is 0 Å². The molecule has 0 spiro atoms. The predicted molar refractivity (Wildman–Crippen MR) is 88.5 cm³/mol. The molecule has 0 saturated heterocycles. The maximum atomic E-state index is 5.96. The average Bonchev–Trinajstić information content (AvgIpc) is 2.90. The molecule has 0 aliphatic rings. The van der Waals surface area contributed by atoms with Crippen LogP contribution in [0.1, 0.15) is 0 Å². The molecule has 0 aliphatic heterocycles. The quantitative estimate of drug-likeness (QED) is 0.687. The minimum atomic E-state index is 0.462. The zero-order valence-electron chi connectivity index (χ0n) is 10.7. The molecule has 3 nitrogen and oxygen atoms in total. The van der Waals surface area contributed by atoms with Gasteiger partial charge in [-0.05, 0) is 36.4 Å². The zero-order valence-corrected chi connectivity index (χ0v) is 13.0. The van der Waals surface area contributed by atoms with Gasteiger partial charge in [-0.25, -0.2) is 4.98 Å². The lowest BCUT2D eigenvalue weighted by molar-refractivity contribution is 0.483. The molecule has 3 rings (SSSR count). The fourth-order valence-corrected chi connectivity index (χ4v) is 2.65. The Balaban J connectivity index is 1.79. The second-order valence-corrected chi connectivity index (χ2v) is 5.98. The van der Waals surface area contributed by atoms with Gasteiger partial charge in [-0.1, -0.05) is 23.2 Å². The smallest absolute Gasteiger partial charge is 0.180 e. The predicted octanol–water partition coefficient (Wildman–Crippen LogP) is 5.49. The summed E-state index contributed by atoms with van der Waals surface area (Å²) in [6.45, 7) is 0. The normalized spacial score (nSPS) is 10.6. The third-order valence-electron chi connectivity index (χ3n) is 2.80. The second-order valence-electron chi connectivity index (χ2n) is 4.27. The molecule has 106 valence electrons. The van der Waals surface area contributed by atoms with E-state index in [-0.39, 0.29) is 0 Å². The van der Waals surface area contributed by atoms with Gasteiger partial charge in [0.25, 0.3) is 0 Å². The second kappa shape index (κ2) is 5.93. The SMILES string of the molecule is Nc1nc(-c2ccc(Oc3ccc(Cl)c(Cl)c3)cc2)cs1. The summed E-state index contributed by atoms with van der Waals surface area (Å²) in [6.07, 6.45) is 0. The lowest BCUT2D eigenvalue weighted by Gasteiger charge is -2.07. The Morgan fingerprint density at radius 2 is 1.67 bits per heavy atom. The molecule has 1 heterocycles. The monoisotopic (exact) mass is 336 g/mol. The van der Waals surface area contributed by atoms with Crippen LogP contribution in [0.2, 0.25) is 10.0 Å². The fraction of sp³-hybridized carbons (Fsp3) is 0. The number of ether oxygens (including phenoxy) is 1. The number of nitrogens with zero attached hydrogens (tertiary/aromatic N) is 1. The first-order valence-electron chi connectivity index (χ1n) is 6.06. The number of halogens is 2. The van der Waals surface area contributed by atoms with Gasteiger partial charge in [-0.2, -0.15) is 0 Å². The van der Waals surface area contributed by atoms with E-state index in [1.807, 2.05) is 29.6 Å². The Labute approximate surface area is 135 Å². The molecular formula is C15H10Cl2N2OS. The van der Waals surface area contributed by atoms with E-state index in [4.69, 9.17) is 33.7 Å². The number of nitrogens with two attached hydrogens (primary N) is 1. The van der Waals surface area contributed by atoms with Crippen molar-refractivity contribution in [3.63, 3.8) is 0 Å². The maximum absolute atomic E-state index is 5.96. The Hall–Kier alpha value is -1.75. The molecular weight excluding hydrogens is 327 g/mol. The zero-order chi connectivity index (χ0) is 14.8. The number of thiazole rings is 1. The first-order chi connectivity index (χ1) is 10.1. The number of rotatable bonds is 3. The Morgan fingerprint density at radius 3 is 2.29 bits per heavy atom. The van der Waals surface area contributed by atoms with Crippen molar-refractivity contribution in [1.29, 1.82) is 0 Å². The van der Waals surface area contributed by atoms with Crippen molar-refractivity contribution in [3.05, 3.63) is 57.9 Å². The van der Waals surface area contributed by atoms with Crippen LogP contribution in [-0.4, -0.2) is 4.98 Å². The molecule has 21 heavy (non-hydrogen) atoms. The highest BCUT2D eigenvalue weighted by Crippen LogP contribution is 2.30. The summed E-state index contributed by atoms with van der Waals surface area (Å²) in [7, 11) is 0. The minimum Gasteiger partial charge on any atom is -0.457 e. The average molecular weight is 337 g/mol. The standard InChI is InChI=1S/C15H10Cl2N2OS/c16-12-6-5-11(7-13(12)17)20-10-3-1-9(2-4-10)14-8-21-15(18)19-14/h1-8H,(H2,18,19). The van der Waals surface area contributed by atoms with Gasteiger partial charge in [0.15, 0.2) is 5.13 Å². The van der Waals surface area contributed by atoms with Crippen LogP contribution in [0.25, 0.3) is 11.3 Å². The third-order valence-corrected chi connectivity index (χ3v) is 4.21. The summed E-state index contributed by atoms with van der Waals surface area (Å²) in [5.41, 5.74) is 7.48. The molecule has 1 aromatic heterocycles. The lowest BCUT2D eigenvalue weighted by Crippen LogP contribution is -1.86. The van der Waals surface area contributed by atoms with Crippen LogP contribution in [0.4, 0.5) is 5.13 Å². The van der Waals surface area contributed by atoms with Crippen molar-refractivity contribution < 1.29 is 4.74 Å². The molecule has 0 aliphatic carbocycles. The van der Waals surface area contributed by atoms with E-state index in [9.17, 15) is 0 Å². The van der Waals surface area contributed by atoms with Gasteiger partial charge < -0.3 is 10.5 Å². The van der Waals surface area contributed by atoms with Crippen molar-refractivity contribution in [2.45, 2.75) is 0 Å². The van der Waals surface area contributed by atoms with Crippen molar-refractivity contribution in [2.75, 3.05) is 5.73 Å². The summed E-state index contributed by atoms with van der Waals surface area (Å²) in [5, 5.41) is 3.44. The Kier molecular flexibility index (Phi) is 4.01. The van der Waals surface area contributed by atoms with Crippen LogP contribution in [0.5, 0.6) is 11.5 Å². The number of hydrogen-bond donors (Lipinski definition) is 1. The molecule has 2 N–H and O–H groups in total. The van der Waals surface area contributed by atoms with E-state index in [0.29, 0.717) is 26.7 Å². The molecule has 0 radical (unpaired) electrons. The Morgan fingerprint density at radius 1 is 0.952 bits per heavy atom. The van der Waals surface area contributed by atoms with Crippen LogP contribution in [0, 0.1) is 0 Å². The van der Waals surface area contributed by atoms with Gasteiger partial charge in [0, 0.05) is 17.0 Å². The van der Waals surface area contributed by atoms with Gasteiger partial charge in [0.1, 0.15) is 11.5 Å². The third kappa shape index (κ3) is 3.29. The number of nitrogen functional groups attached to an aromatic ring is 1. The van der Waals surface area contributed by atoms with Crippen LogP contribution in [0.15, 0.2) is 47.8 Å². The van der Waals surface area contributed by atoms with E-state index in [1.54, 1.807) is 18.2 Å². The lowest BCUT2D eigenvalue weighted by atomic mass is 10.2. The first-order valence-corrected chi connectivity index (χ1v) is 7.70. The van der Waals surface area contributed by atoms with Crippen LogP contribution in [0.3, 0.4) is 0 Å². The van der Waals surface area contributed by atoms with Crippen molar-refractivity contribution in [1.82, 2.24) is 4.98 Å².